The Morgan fingerprint density at radius 3 is 1.32 bits per heavy atom. The van der Waals surface area contributed by atoms with Crippen molar-refractivity contribution < 1.29 is 48.1 Å². The van der Waals surface area contributed by atoms with Crippen LogP contribution in [0, 0.1) is 13.8 Å². The van der Waals surface area contributed by atoms with Gasteiger partial charge in [0.1, 0.15) is 0 Å². The zero-order valence-corrected chi connectivity index (χ0v) is 26.7. The molecule has 0 spiro atoms. The van der Waals surface area contributed by atoms with Gasteiger partial charge in [-0.25, -0.2) is 0 Å². The standard InChI is InChI=1S/2C14H17.C2H6Si.2ClH.Zr/c2*1-3-4-7-12-10-11(2)13-8-5-6-9-14(12)13;1-3-2;;;/h2*5-6,8-10H,3-4,7H2,1-2H3;1-2H3;2*1H;/q2*-1;;;;+2/p-2. The fourth-order valence-electron chi connectivity index (χ4n) is 4.20. The monoisotopic (exact) mass is 588 g/mol. The van der Waals surface area contributed by atoms with Crippen molar-refractivity contribution in [1.29, 1.82) is 0 Å². The summed E-state index contributed by atoms with van der Waals surface area (Å²) in [5.74, 6) is 0. The number of benzene rings is 2. The maximum atomic E-state index is 2.35. The van der Waals surface area contributed by atoms with Crippen LogP contribution >= 0.6 is 0 Å². The molecule has 4 rings (SSSR count). The molecule has 0 heterocycles. The molecule has 0 aliphatic carbocycles. The zero-order valence-electron chi connectivity index (χ0n) is 21.8. The summed E-state index contributed by atoms with van der Waals surface area (Å²) >= 11 is 1.74. The van der Waals surface area contributed by atoms with Crippen LogP contribution in [0.25, 0.3) is 21.5 Å². The third-order valence-electron chi connectivity index (χ3n) is 5.78. The third kappa shape index (κ3) is 10.1. The summed E-state index contributed by atoms with van der Waals surface area (Å²) in [6, 6.07) is 22.1. The van der Waals surface area contributed by atoms with Gasteiger partial charge in [-0.15, -0.1) is 81.2 Å². The topological polar surface area (TPSA) is 0 Å². The molecule has 4 aromatic rings. The van der Waals surface area contributed by atoms with E-state index < -0.39 is 0 Å². The van der Waals surface area contributed by atoms with Gasteiger partial charge >= 0.3 is 41.9 Å². The van der Waals surface area contributed by atoms with Crippen molar-refractivity contribution in [2.45, 2.75) is 79.3 Å². The van der Waals surface area contributed by atoms with Crippen molar-refractivity contribution in [2.75, 3.05) is 0 Å². The minimum absolute atomic E-state index is 0. The number of unbranched alkanes of at least 4 members (excludes halogenated alkanes) is 2. The number of halogens is 2. The molecule has 0 radical (unpaired) electrons. The van der Waals surface area contributed by atoms with Crippen LogP contribution in [0.4, 0.5) is 0 Å². The Balaban J connectivity index is 0.000000528. The van der Waals surface area contributed by atoms with Crippen LogP contribution in [0.5, 0.6) is 0 Å². The molecule has 0 aromatic heterocycles. The Kier molecular flexibility index (Phi) is 17.4. The van der Waals surface area contributed by atoms with Gasteiger partial charge < -0.3 is 24.8 Å². The van der Waals surface area contributed by atoms with Gasteiger partial charge in [-0.1, -0.05) is 78.4 Å². The van der Waals surface area contributed by atoms with Crippen LogP contribution in [0.15, 0.2) is 60.7 Å². The van der Waals surface area contributed by atoms with E-state index in [-0.39, 0.29) is 30.2 Å². The van der Waals surface area contributed by atoms with Crippen molar-refractivity contribution >= 4 is 27.0 Å². The minimum Gasteiger partial charge on any atom is -1.00 e. The molecule has 4 heteroatoms. The second kappa shape index (κ2) is 17.7. The number of hydrogen-bond acceptors (Lipinski definition) is 0. The van der Waals surface area contributed by atoms with Crippen molar-refractivity contribution in [2.24, 2.45) is 0 Å². The quantitative estimate of drug-likeness (QED) is 0.239. The largest absolute Gasteiger partial charge is 1.00 e. The van der Waals surface area contributed by atoms with Crippen molar-refractivity contribution in [3.05, 3.63) is 82.9 Å². The minimum atomic E-state index is 0. The van der Waals surface area contributed by atoms with E-state index in [9.17, 15) is 0 Å². The maximum absolute atomic E-state index is 2.35. The second-order valence-corrected chi connectivity index (χ2v) is 18.4. The predicted molar refractivity (Wildman–Crippen MR) is 143 cm³/mol. The number of fused-ring (bicyclic) bond motifs is 2. The molecule has 0 fully saturated rings. The second-order valence-electron chi connectivity index (χ2n) is 9.00. The molecule has 0 saturated carbocycles. The molecule has 0 amide bonds. The fraction of sp³-hybridized carbons (Fsp3) is 0.400. The van der Waals surface area contributed by atoms with E-state index in [2.05, 4.69) is 101 Å². The van der Waals surface area contributed by atoms with Gasteiger partial charge in [0, 0.05) is 0 Å². The third-order valence-corrected chi connectivity index (χ3v) is 5.78. The van der Waals surface area contributed by atoms with Gasteiger partial charge in [-0.05, 0) is 0 Å². The summed E-state index contributed by atoms with van der Waals surface area (Å²) in [5, 5.41) is 5.77. The van der Waals surface area contributed by atoms with Crippen molar-refractivity contribution in [1.82, 2.24) is 0 Å². The van der Waals surface area contributed by atoms with Gasteiger partial charge in [-0.3, -0.25) is 0 Å². The van der Waals surface area contributed by atoms with E-state index in [1.165, 1.54) is 82.3 Å². The van der Waals surface area contributed by atoms with E-state index in [1.807, 2.05) is 0 Å². The van der Waals surface area contributed by atoms with E-state index >= 15 is 0 Å². The van der Waals surface area contributed by atoms with Gasteiger partial charge in [-0.2, -0.15) is 11.1 Å². The van der Waals surface area contributed by atoms with Crippen molar-refractivity contribution in [3.8, 4) is 0 Å². The average Bonchev–Trinajstić information content (AvgIpc) is 3.28. The van der Waals surface area contributed by atoms with Crippen LogP contribution in [0.1, 0.15) is 61.8 Å². The fourth-order valence-corrected chi connectivity index (χ4v) is 4.20. The molecule has 184 valence electrons. The van der Waals surface area contributed by atoms with Crippen LogP contribution < -0.4 is 24.8 Å². The molecule has 0 bridgehead atoms. The van der Waals surface area contributed by atoms with Gasteiger partial charge in [0.05, 0.1) is 0 Å². The van der Waals surface area contributed by atoms with Crippen LogP contribution in [0.2, 0.25) is 13.1 Å². The molecule has 0 nitrogen and oxygen atoms in total. The van der Waals surface area contributed by atoms with Crippen LogP contribution in [-0.4, -0.2) is 5.43 Å². The Bertz CT molecular complexity index is 1040. The smallest absolute Gasteiger partial charge is 1.00 e. The van der Waals surface area contributed by atoms with Crippen LogP contribution in [0.3, 0.4) is 0 Å². The summed E-state index contributed by atoms with van der Waals surface area (Å²) in [4.78, 5) is 0. The molecule has 0 atom stereocenters. The summed E-state index contributed by atoms with van der Waals surface area (Å²) in [7, 11) is 0. The SMILES string of the molecule is CCCC[c-]1cc(C)c2ccccc21.CCCC[c-]1cc(C)c2ccccc21.C[Si](C)=[Zr+2].[Cl-].[Cl-]. The number of hydrogen-bond donors (Lipinski definition) is 0. The predicted octanol–water partition coefficient (Wildman–Crippen LogP) is 3.21. The number of rotatable bonds is 6. The first-order valence-corrected chi connectivity index (χ1v) is 18.4. The molecule has 4 aromatic carbocycles. The summed E-state index contributed by atoms with van der Waals surface area (Å²) < 4.78 is 0. The Morgan fingerprint density at radius 1 is 0.676 bits per heavy atom. The first-order chi connectivity index (χ1) is 15.4. The number of aryl methyl sites for hydroxylation is 4. The molecule has 0 aliphatic heterocycles. The normalized spacial score (nSPS) is 9.88. The molecule has 0 saturated heterocycles. The van der Waals surface area contributed by atoms with E-state index in [0.717, 1.165) is 0 Å². The van der Waals surface area contributed by atoms with Crippen molar-refractivity contribution in [3.63, 3.8) is 0 Å². The van der Waals surface area contributed by atoms with Gasteiger partial charge in [0.15, 0.2) is 0 Å². The van der Waals surface area contributed by atoms with Gasteiger partial charge in [0.25, 0.3) is 0 Å². The molecular formula is C30H40Cl2SiZr-2. The Hall–Kier alpha value is -0.660. The molecule has 0 N–H and O–H groups in total. The first-order valence-electron chi connectivity index (χ1n) is 12.2. The molecular weight excluding hydrogens is 551 g/mol. The zero-order chi connectivity index (χ0) is 23.5. The average molecular weight is 591 g/mol. The Morgan fingerprint density at radius 2 is 1.00 bits per heavy atom. The summed E-state index contributed by atoms with van der Waals surface area (Å²) in [6.45, 7) is 13.5. The van der Waals surface area contributed by atoms with Crippen LogP contribution in [-0.2, 0) is 36.2 Å². The summed E-state index contributed by atoms with van der Waals surface area (Å²) in [6.07, 6.45) is 7.60. The van der Waals surface area contributed by atoms with Gasteiger partial charge in [0.2, 0.25) is 0 Å². The van der Waals surface area contributed by atoms with E-state index in [4.69, 9.17) is 0 Å². The van der Waals surface area contributed by atoms with E-state index in [0.29, 0.717) is 0 Å². The molecule has 0 aliphatic rings. The molecule has 34 heavy (non-hydrogen) atoms. The first kappa shape index (κ1) is 33.3. The maximum Gasteiger partial charge on any atom is -1.00 e. The molecule has 0 unspecified atom stereocenters. The summed E-state index contributed by atoms with van der Waals surface area (Å²) in [5.41, 5.74) is 6.11. The van der Waals surface area contributed by atoms with E-state index in [1.54, 1.807) is 23.3 Å². The Labute approximate surface area is 235 Å².